The number of halogens is 2. The standard InChI is InChI=1S/C14H17F2NO6S/c15-11-5-10(6-12(16)7-11)14(18)23-13(9-24(19,20)21)8-17-1-3-22-4-2-17/h5-7,13H,1-4,8-9H2,(H,19,20,21). The number of hydrogen-bond donors (Lipinski definition) is 1. The molecule has 7 nitrogen and oxygen atoms in total. The largest absolute Gasteiger partial charge is 0.456 e. The summed E-state index contributed by atoms with van der Waals surface area (Å²) in [4.78, 5) is 13.8. The minimum absolute atomic E-state index is 0.0483. The maximum absolute atomic E-state index is 13.2. The highest BCUT2D eigenvalue weighted by molar-refractivity contribution is 7.85. The molecule has 1 atom stereocenters. The van der Waals surface area contributed by atoms with Crippen LogP contribution in [0.25, 0.3) is 0 Å². The van der Waals surface area contributed by atoms with Gasteiger partial charge < -0.3 is 9.47 Å². The highest BCUT2D eigenvalue weighted by Crippen LogP contribution is 2.12. The van der Waals surface area contributed by atoms with Gasteiger partial charge in [-0.05, 0) is 12.1 Å². The molecule has 0 bridgehead atoms. The number of rotatable bonds is 6. The van der Waals surface area contributed by atoms with Gasteiger partial charge in [0, 0.05) is 25.7 Å². The third-order valence-corrected chi connectivity index (χ3v) is 4.13. The number of benzene rings is 1. The Morgan fingerprint density at radius 2 is 1.83 bits per heavy atom. The van der Waals surface area contributed by atoms with E-state index in [4.69, 9.17) is 14.0 Å². The first-order valence-corrected chi connectivity index (χ1v) is 8.76. The number of esters is 1. The van der Waals surface area contributed by atoms with E-state index in [2.05, 4.69) is 0 Å². The molecule has 1 aromatic rings. The van der Waals surface area contributed by atoms with Crippen molar-refractivity contribution in [1.29, 1.82) is 0 Å². The molecule has 1 fully saturated rings. The van der Waals surface area contributed by atoms with Gasteiger partial charge in [-0.1, -0.05) is 0 Å². The van der Waals surface area contributed by atoms with Crippen LogP contribution in [-0.4, -0.2) is 68.5 Å². The Morgan fingerprint density at radius 1 is 1.25 bits per heavy atom. The van der Waals surface area contributed by atoms with Gasteiger partial charge in [-0.3, -0.25) is 9.45 Å². The lowest BCUT2D eigenvalue weighted by atomic mass is 10.2. The van der Waals surface area contributed by atoms with E-state index in [0.717, 1.165) is 12.1 Å². The van der Waals surface area contributed by atoms with Gasteiger partial charge in [0.2, 0.25) is 0 Å². The molecule has 1 aliphatic heterocycles. The molecule has 1 aromatic carbocycles. The lowest BCUT2D eigenvalue weighted by Crippen LogP contribution is -2.44. The molecule has 1 heterocycles. The average molecular weight is 365 g/mol. The summed E-state index contributed by atoms with van der Waals surface area (Å²) in [6.45, 7) is 1.96. The van der Waals surface area contributed by atoms with Gasteiger partial charge in [0.1, 0.15) is 23.5 Å². The normalized spacial score (nSPS) is 17.5. The SMILES string of the molecule is O=C(OC(CN1CCOCC1)CS(=O)(=O)O)c1cc(F)cc(F)c1. The van der Waals surface area contributed by atoms with Crippen LogP contribution in [0.4, 0.5) is 8.78 Å². The van der Waals surface area contributed by atoms with Crippen molar-refractivity contribution in [2.75, 3.05) is 38.6 Å². The Labute approximate surface area is 137 Å². The van der Waals surface area contributed by atoms with Crippen LogP contribution in [0.3, 0.4) is 0 Å². The topological polar surface area (TPSA) is 93.1 Å². The molecule has 0 saturated carbocycles. The molecular formula is C14H17F2NO6S. The molecule has 0 aromatic heterocycles. The summed E-state index contributed by atoms with van der Waals surface area (Å²) in [6, 6.07) is 2.16. The molecular weight excluding hydrogens is 348 g/mol. The quantitative estimate of drug-likeness (QED) is 0.586. The molecule has 2 rings (SSSR count). The van der Waals surface area contributed by atoms with Crippen LogP contribution in [0.2, 0.25) is 0 Å². The summed E-state index contributed by atoms with van der Waals surface area (Å²) in [5.41, 5.74) is -0.380. The molecule has 1 unspecified atom stereocenters. The van der Waals surface area contributed by atoms with Crippen molar-refractivity contribution >= 4 is 16.1 Å². The Balaban J connectivity index is 2.09. The predicted octanol–water partition coefficient (Wildman–Crippen LogP) is 0.710. The fourth-order valence-corrected chi connectivity index (χ4v) is 2.97. The number of carbonyl (C=O) groups excluding carboxylic acids is 1. The smallest absolute Gasteiger partial charge is 0.338 e. The van der Waals surface area contributed by atoms with Gasteiger partial charge in [-0.2, -0.15) is 8.42 Å². The van der Waals surface area contributed by atoms with Gasteiger partial charge in [-0.25, -0.2) is 13.6 Å². The molecule has 1 N–H and O–H groups in total. The zero-order chi connectivity index (χ0) is 17.7. The van der Waals surface area contributed by atoms with E-state index in [9.17, 15) is 22.0 Å². The van der Waals surface area contributed by atoms with Gasteiger partial charge >= 0.3 is 5.97 Å². The van der Waals surface area contributed by atoms with E-state index in [1.165, 1.54) is 0 Å². The summed E-state index contributed by atoms with van der Waals surface area (Å²) in [7, 11) is -4.40. The number of ether oxygens (including phenoxy) is 2. The van der Waals surface area contributed by atoms with Gasteiger partial charge in [0.25, 0.3) is 10.1 Å². The van der Waals surface area contributed by atoms with E-state index in [-0.39, 0.29) is 12.1 Å². The summed E-state index contributed by atoms with van der Waals surface area (Å²) in [5.74, 6) is -3.80. The highest BCUT2D eigenvalue weighted by Gasteiger charge is 2.25. The second-order valence-electron chi connectivity index (χ2n) is 5.35. The minimum atomic E-state index is -4.40. The van der Waals surface area contributed by atoms with Crippen LogP contribution in [-0.2, 0) is 19.6 Å². The van der Waals surface area contributed by atoms with Crippen LogP contribution in [0.5, 0.6) is 0 Å². The van der Waals surface area contributed by atoms with Crippen molar-refractivity contribution in [3.05, 3.63) is 35.4 Å². The van der Waals surface area contributed by atoms with Crippen molar-refractivity contribution in [2.24, 2.45) is 0 Å². The van der Waals surface area contributed by atoms with Crippen LogP contribution in [0, 0.1) is 11.6 Å². The molecule has 1 aliphatic rings. The monoisotopic (exact) mass is 365 g/mol. The number of morpholine rings is 1. The third-order valence-electron chi connectivity index (χ3n) is 3.33. The van der Waals surface area contributed by atoms with Crippen molar-refractivity contribution in [1.82, 2.24) is 4.90 Å². The third kappa shape index (κ3) is 6.11. The lowest BCUT2D eigenvalue weighted by Gasteiger charge is -2.29. The maximum Gasteiger partial charge on any atom is 0.338 e. The van der Waals surface area contributed by atoms with Gasteiger partial charge in [0.15, 0.2) is 0 Å². The summed E-state index contributed by atoms with van der Waals surface area (Å²) >= 11 is 0. The van der Waals surface area contributed by atoms with E-state index in [1.807, 2.05) is 0 Å². The molecule has 1 saturated heterocycles. The highest BCUT2D eigenvalue weighted by atomic mass is 32.2. The number of nitrogens with zero attached hydrogens (tertiary/aromatic N) is 1. The second-order valence-corrected chi connectivity index (χ2v) is 6.84. The van der Waals surface area contributed by atoms with Crippen molar-refractivity contribution in [2.45, 2.75) is 6.10 Å². The first-order valence-electron chi connectivity index (χ1n) is 7.15. The zero-order valence-corrected chi connectivity index (χ0v) is 13.5. The maximum atomic E-state index is 13.2. The van der Waals surface area contributed by atoms with Crippen LogP contribution in [0.15, 0.2) is 18.2 Å². The van der Waals surface area contributed by atoms with Gasteiger partial charge in [0.05, 0.1) is 18.8 Å². The second kappa shape index (κ2) is 7.97. The molecule has 0 aliphatic carbocycles. The Kier molecular flexibility index (Phi) is 6.21. The summed E-state index contributed by atoms with van der Waals surface area (Å²) in [5, 5.41) is 0. The fourth-order valence-electron chi connectivity index (χ4n) is 2.32. The number of hydrogen-bond acceptors (Lipinski definition) is 6. The van der Waals surface area contributed by atoms with E-state index in [0.29, 0.717) is 32.4 Å². The molecule has 10 heteroatoms. The Hall–Kier alpha value is -1.62. The Bertz CT molecular complexity index is 670. The molecule has 0 spiro atoms. The van der Waals surface area contributed by atoms with Crippen molar-refractivity contribution in [3.8, 4) is 0 Å². The molecule has 134 valence electrons. The lowest BCUT2D eigenvalue weighted by molar-refractivity contribution is 0.000901. The molecule has 0 radical (unpaired) electrons. The summed E-state index contributed by atoms with van der Waals surface area (Å²) in [6.07, 6.45) is -1.18. The zero-order valence-electron chi connectivity index (χ0n) is 12.7. The van der Waals surface area contributed by atoms with Crippen molar-refractivity contribution < 1.29 is 36.0 Å². The average Bonchev–Trinajstić information content (AvgIpc) is 2.45. The first-order chi connectivity index (χ1) is 11.2. The first kappa shape index (κ1) is 18.7. The predicted molar refractivity (Wildman–Crippen MR) is 79.2 cm³/mol. The van der Waals surface area contributed by atoms with Crippen molar-refractivity contribution in [3.63, 3.8) is 0 Å². The van der Waals surface area contributed by atoms with Gasteiger partial charge in [-0.15, -0.1) is 0 Å². The van der Waals surface area contributed by atoms with E-state index >= 15 is 0 Å². The van der Waals surface area contributed by atoms with Crippen LogP contribution >= 0.6 is 0 Å². The molecule has 24 heavy (non-hydrogen) atoms. The number of carbonyl (C=O) groups is 1. The Morgan fingerprint density at radius 3 is 2.38 bits per heavy atom. The fraction of sp³-hybridized carbons (Fsp3) is 0.500. The van der Waals surface area contributed by atoms with E-state index < -0.39 is 39.6 Å². The summed E-state index contributed by atoms with van der Waals surface area (Å²) < 4.78 is 67.7. The van der Waals surface area contributed by atoms with E-state index in [1.54, 1.807) is 4.90 Å². The van der Waals surface area contributed by atoms with Crippen LogP contribution in [0.1, 0.15) is 10.4 Å². The minimum Gasteiger partial charge on any atom is -0.456 e. The van der Waals surface area contributed by atoms with Crippen LogP contribution < -0.4 is 0 Å². The molecule has 0 amide bonds.